The largest absolute Gasteiger partial charge is 0.504 e. The normalized spacial score (nSPS) is 24.0. The maximum Gasteiger partial charge on any atom is 0.208 e. The van der Waals surface area contributed by atoms with Gasteiger partial charge in [-0.1, -0.05) is 11.6 Å². The van der Waals surface area contributed by atoms with Crippen molar-refractivity contribution in [1.82, 2.24) is 5.32 Å². The first-order chi connectivity index (χ1) is 7.99. The zero-order valence-corrected chi connectivity index (χ0v) is 10.6. The predicted molar refractivity (Wildman–Crippen MR) is 64.2 cm³/mol. The van der Waals surface area contributed by atoms with E-state index in [1.54, 1.807) is 6.07 Å². The molecule has 1 aromatic carbocycles. The number of nitrogens with one attached hydrogen (secondary N) is 1. The van der Waals surface area contributed by atoms with Crippen LogP contribution in [0.25, 0.3) is 0 Å². The Hall–Kier alpha value is -1.00. The van der Waals surface area contributed by atoms with Gasteiger partial charge in [0.15, 0.2) is 11.5 Å². The van der Waals surface area contributed by atoms with Gasteiger partial charge in [0.2, 0.25) is 5.82 Å². The Kier molecular flexibility index (Phi) is 3.19. The van der Waals surface area contributed by atoms with Crippen LogP contribution in [0.15, 0.2) is 6.07 Å². The molecule has 1 fully saturated rings. The Bertz CT molecular complexity index is 445. The SMILES string of the molecule is COc1c(Cl)cc(C2(C)CCCN2)c(O)c1F. The van der Waals surface area contributed by atoms with Crippen molar-refractivity contribution in [3.63, 3.8) is 0 Å². The topological polar surface area (TPSA) is 41.5 Å². The summed E-state index contributed by atoms with van der Waals surface area (Å²) >= 11 is 5.94. The van der Waals surface area contributed by atoms with E-state index < -0.39 is 11.4 Å². The molecule has 1 aliphatic heterocycles. The first-order valence-electron chi connectivity index (χ1n) is 5.50. The van der Waals surface area contributed by atoms with Crippen LogP contribution in [0.3, 0.4) is 0 Å². The summed E-state index contributed by atoms with van der Waals surface area (Å²) in [5.41, 5.74) is 0.0548. The zero-order valence-electron chi connectivity index (χ0n) is 9.81. The highest BCUT2D eigenvalue weighted by Gasteiger charge is 2.35. The standard InChI is InChI=1S/C12H15ClFNO2/c1-12(4-3-5-15-12)7-6-8(13)11(17-2)9(14)10(7)16/h6,15-16H,3-5H2,1-2H3. The monoisotopic (exact) mass is 259 g/mol. The molecule has 1 atom stereocenters. The van der Waals surface area contributed by atoms with E-state index in [0.29, 0.717) is 5.56 Å². The molecule has 0 radical (unpaired) electrons. The van der Waals surface area contributed by atoms with Crippen LogP contribution in [-0.4, -0.2) is 18.8 Å². The molecule has 0 saturated carbocycles. The number of hydrogen-bond donors (Lipinski definition) is 2. The summed E-state index contributed by atoms with van der Waals surface area (Å²) in [6.45, 7) is 2.78. The summed E-state index contributed by atoms with van der Waals surface area (Å²) in [6, 6.07) is 1.57. The van der Waals surface area contributed by atoms with Gasteiger partial charge >= 0.3 is 0 Å². The molecule has 0 aliphatic carbocycles. The second kappa shape index (κ2) is 4.35. The predicted octanol–water partition coefficient (Wildman–Crippen LogP) is 2.79. The van der Waals surface area contributed by atoms with E-state index in [1.165, 1.54) is 7.11 Å². The van der Waals surface area contributed by atoms with E-state index in [9.17, 15) is 9.50 Å². The molecule has 1 aromatic rings. The molecule has 1 saturated heterocycles. The minimum atomic E-state index is -0.801. The van der Waals surface area contributed by atoms with E-state index in [-0.39, 0.29) is 16.5 Å². The molecule has 5 heteroatoms. The molecule has 0 amide bonds. The van der Waals surface area contributed by atoms with Crippen molar-refractivity contribution in [2.75, 3.05) is 13.7 Å². The summed E-state index contributed by atoms with van der Waals surface area (Å²) in [5, 5.41) is 13.3. The molecule has 1 aliphatic rings. The average molecular weight is 260 g/mol. The van der Waals surface area contributed by atoms with E-state index in [4.69, 9.17) is 16.3 Å². The first kappa shape index (κ1) is 12.5. The van der Waals surface area contributed by atoms with Crippen LogP contribution < -0.4 is 10.1 Å². The highest BCUT2D eigenvalue weighted by atomic mass is 35.5. The van der Waals surface area contributed by atoms with Crippen molar-refractivity contribution in [2.45, 2.75) is 25.3 Å². The zero-order chi connectivity index (χ0) is 12.6. The fraction of sp³-hybridized carbons (Fsp3) is 0.500. The maximum atomic E-state index is 13.9. The lowest BCUT2D eigenvalue weighted by atomic mass is 9.89. The number of methoxy groups -OCH3 is 1. The van der Waals surface area contributed by atoms with E-state index in [2.05, 4.69) is 5.32 Å². The molecule has 2 N–H and O–H groups in total. The Morgan fingerprint density at radius 1 is 1.59 bits per heavy atom. The number of benzene rings is 1. The van der Waals surface area contributed by atoms with Gasteiger partial charge in [-0.15, -0.1) is 0 Å². The highest BCUT2D eigenvalue weighted by molar-refractivity contribution is 6.32. The van der Waals surface area contributed by atoms with Crippen molar-refractivity contribution >= 4 is 11.6 Å². The lowest BCUT2D eigenvalue weighted by Gasteiger charge is -2.26. The smallest absolute Gasteiger partial charge is 0.208 e. The third-order valence-corrected chi connectivity index (χ3v) is 3.60. The molecule has 1 heterocycles. The van der Waals surface area contributed by atoms with Gasteiger partial charge in [0.05, 0.1) is 12.1 Å². The lowest BCUT2D eigenvalue weighted by molar-refractivity contribution is 0.345. The Labute approximate surface area is 105 Å². The highest BCUT2D eigenvalue weighted by Crippen LogP contribution is 2.43. The van der Waals surface area contributed by atoms with Crippen LogP contribution >= 0.6 is 11.6 Å². The summed E-state index contributed by atoms with van der Waals surface area (Å²) in [6.07, 6.45) is 1.82. The molecule has 0 aromatic heterocycles. The van der Waals surface area contributed by atoms with Gasteiger partial charge < -0.3 is 15.2 Å². The van der Waals surface area contributed by atoms with Crippen LogP contribution in [0.5, 0.6) is 11.5 Å². The fourth-order valence-electron chi connectivity index (χ4n) is 2.32. The van der Waals surface area contributed by atoms with Gasteiger partial charge in [-0.25, -0.2) is 0 Å². The van der Waals surface area contributed by atoms with Gasteiger partial charge in [0, 0.05) is 11.1 Å². The summed E-state index contributed by atoms with van der Waals surface area (Å²) in [7, 11) is 1.32. The molecule has 17 heavy (non-hydrogen) atoms. The molecule has 1 unspecified atom stereocenters. The fourth-order valence-corrected chi connectivity index (χ4v) is 2.59. The molecular weight excluding hydrogens is 245 g/mol. The van der Waals surface area contributed by atoms with Gasteiger partial charge in [-0.3, -0.25) is 0 Å². The van der Waals surface area contributed by atoms with Crippen molar-refractivity contribution in [3.05, 3.63) is 22.5 Å². The quantitative estimate of drug-likeness (QED) is 0.858. The number of hydrogen-bond acceptors (Lipinski definition) is 3. The minimum absolute atomic E-state index is 0.116. The summed E-state index contributed by atoms with van der Waals surface area (Å²) < 4.78 is 18.7. The number of phenols is 1. The summed E-state index contributed by atoms with van der Waals surface area (Å²) in [4.78, 5) is 0. The second-order valence-electron chi connectivity index (χ2n) is 4.46. The van der Waals surface area contributed by atoms with Crippen molar-refractivity contribution < 1.29 is 14.2 Å². The van der Waals surface area contributed by atoms with Gasteiger partial charge in [-0.2, -0.15) is 4.39 Å². The Morgan fingerprint density at radius 3 is 2.82 bits per heavy atom. The lowest BCUT2D eigenvalue weighted by Crippen LogP contribution is -2.33. The number of aromatic hydroxyl groups is 1. The molecule has 0 bridgehead atoms. The van der Waals surface area contributed by atoms with Crippen LogP contribution in [0.1, 0.15) is 25.3 Å². The average Bonchev–Trinajstić information content (AvgIpc) is 2.72. The van der Waals surface area contributed by atoms with Gasteiger partial charge in [0.25, 0.3) is 0 Å². The van der Waals surface area contributed by atoms with Crippen LogP contribution in [0.2, 0.25) is 5.02 Å². The Morgan fingerprint density at radius 2 is 2.29 bits per heavy atom. The number of phenolic OH excluding ortho intramolecular Hbond substituents is 1. The number of rotatable bonds is 2. The molecule has 2 rings (SSSR count). The third kappa shape index (κ3) is 1.96. The van der Waals surface area contributed by atoms with E-state index in [0.717, 1.165) is 19.4 Å². The third-order valence-electron chi connectivity index (χ3n) is 3.32. The first-order valence-corrected chi connectivity index (χ1v) is 5.88. The number of halogens is 2. The molecule has 3 nitrogen and oxygen atoms in total. The van der Waals surface area contributed by atoms with Crippen molar-refractivity contribution in [1.29, 1.82) is 0 Å². The minimum Gasteiger partial charge on any atom is -0.504 e. The Balaban J connectivity index is 2.56. The number of ether oxygens (including phenoxy) is 1. The van der Waals surface area contributed by atoms with Crippen LogP contribution in [0, 0.1) is 5.82 Å². The molecule has 94 valence electrons. The van der Waals surface area contributed by atoms with Crippen molar-refractivity contribution in [3.8, 4) is 11.5 Å². The van der Waals surface area contributed by atoms with E-state index in [1.807, 2.05) is 6.92 Å². The molecular formula is C12H15ClFNO2. The van der Waals surface area contributed by atoms with Crippen LogP contribution in [-0.2, 0) is 5.54 Å². The second-order valence-corrected chi connectivity index (χ2v) is 4.87. The molecule has 0 spiro atoms. The van der Waals surface area contributed by atoms with E-state index >= 15 is 0 Å². The van der Waals surface area contributed by atoms with Crippen LogP contribution in [0.4, 0.5) is 4.39 Å². The maximum absolute atomic E-state index is 13.9. The summed E-state index contributed by atoms with van der Waals surface area (Å²) in [5.74, 6) is -1.30. The van der Waals surface area contributed by atoms with Crippen molar-refractivity contribution in [2.24, 2.45) is 0 Å². The van der Waals surface area contributed by atoms with Gasteiger partial charge in [-0.05, 0) is 32.4 Å². The van der Waals surface area contributed by atoms with Gasteiger partial charge in [0.1, 0.15) is 0 Å².